The molecule has 1 aromatic rings. The minimum atomic E-state index is -4.72. The Balaban J connectivity index is 1.93. The fourth-order valence-electron chi connectivity index (χ4n) is 2.68. The van der Waals surface area contributed by atoms with Gasteiger partial charge in [-0.1, -0.05) is 18.1 Å². The molecule has 0 saturated carbocycles. The number of amides is 1. The van der Waals surface area contributed by atoms with Gasteiger partial charge >= 0.3 is 6.36 Å². The van der Waals surface area contributed by atoms with Crippen molar-refractivity contribution in [3.63, 3.8) is 0 Å². The molecule has 0 unspecified atom stereocenters. The Kier molecular flexibility index (Phi) is 5.40. The van der Waals surface area contributed by atoms with E-state index in [4.69, 9.17) is 0 Å². The summed E-state index contributed by atoms with van der Waals surface area (Å²) in [4.78, 5) is 13.3. The minimum absolute atomic E-state index is 0.256. The number of rotatable bonds is 3. The molecule has 0 aliphatic carbocycles. The first kappa shape index (κ1) is 18.1. The molecule has 0 spiro atoms. The molecule has 0 atom stereocenters. The lowest BCUT2D eigenvalue weighted by Gasteiger charge is -2.37. The third kappa shape index (κ3) is 5.17. The molecule has 2 rings (SSSR count). The van der Waals surface area contributed by atoms with Gasteiger partial charge in [-0.3, -0.25) is 4.79 Å². The zero-order valence-electron chi connectivity index (χ0n) is 13.2. The summed E-state index contributed by atoms with van der Waals surface area (Å²) in [5, 5.41) is 10.6. The summed E-state index contributed by atoms with van der Waals surface area (Å²) < 4.78 is 40.2. The first-order valence-corrected chi connectivity index (χ1v) is 7.49. The summed E-state index contributed by atoms with van der Waals surface area (Å²) in [6, 6.07) is 5.45. The Morgan fingerprint density at radius 2 is 1.88 bits per heavy atom. The Labute approximate surface area is 138 Å². The Bertz CT molecular complexity index is 636. The third-order valence-electron chi connectivity index (χ3n) is 3.90. The fourth-order valence-corrected chi connectivity index (χ4v) is 2.68. The maximum atomic E-state index is 12.1. The average molecular weight is 341 g/mol. The lowest BCUT2D eigenvalue weighted by Crippen LogP contribution is -2.47. The van der Waals surface area contributed by atoms with Gasteiger partial charge in [-0.2, -0.15) is 0 Å². The van der Waals surface area contributed by atoms with Gasteiger partial charge in [0.1, 0.15) is 5.75 Å². The smallest absolute Gasteiger partial charge is 0.406 e. The summed E-state index contributed by atoms with van der Waals surface area (Å²) in [5.74, 6) is 4.47. The van der Waals surface area contributed by atoms with Crippen molar-refractivity contribution in [2.45, 2.75) is 38.1 Å². The molecule has 1 heterocycles. The molecule has 7 heteroatoms. The average Bonchev–Trinajstić information content (AvgIpc) is 2.48. The molecular weight excluding hydrogens is 323 g/mol. The van der Waals surface area contributed by atoms with Crippen LogP contribution in [0.4, 0.5) is 13.2 Å². The van der Waals surface area contributed by atoms with Crippen LogP contribution in [0.5, 0.6) is 5.75 Å². The van der Waals surface area contributed by atoms with Gasteiger partial charge < -0.3 is 14.7 Å². The number of aliphatic hydroxyl groups is 1. The van der Waals surface area contributed by atoms with Crippen molar-refractivity contribution >= 4 is 5.91 Å². The second-order valence-corrected chi connectivity index (χ2v) is 5.76. The van der Waals surface area contributed by atoms with Gasteiger partial charge in [0.2, 0.25) is 0 Å². The standard InChI is InChI=1S/C17H18F3NO3/c1-2-3-15(22)21-10-8-16(23,9-11-21)12-13-4-6-14(7-5-13)24-17(18,19)20/h4-7,23H,8-12H2,1H3. The maximum absolute atomic E-state index is 12.1. The lowest BCUT2D eigenvalue weighted by molar-refractivity contribution is -0.274. The van der Waals surface area contributed by atoms with E-state index in [2.05, 4.69) is 16.6 Å². The van der Waals surface area contributed by atoms with Crippen molar-refractivity contribution < 1.29 is 27.8 Å². The van der Waals surface area contributed by atoms with E-state index in [-0.39, 0.29) is 11.7 Å². The SMILES string of the molecule is CC#CC(=O)N1CCC(O)(Cc2ccc(OC(F)(F)F)cc2)CC1. The topological polar surface area (TPSA) is 49.8 Å². The van der Waals surface area contributed by atoms with Crippen molar-refractivity contribution in [1.82, 2.24) is 4.90 Å². The number of carbonyl (C=O) groups excluding carboxylic acids is 1. The van der Waals surface area contributed by atoms with E-state index in [1.165, 1.54) is 24.3 Å². The summed E-state index contributed by atoms with van der Waals surface area (Å²) >= 11 is 0. The molecule has 1 fully saturated rings. The van der Waals surface area contributed by atoms with Crippen LogP contribution in [-0.4, -0.2) is 41.0 Å². The van der Waals surface area contributed by atoms with Crippen LogP contribution in [0.2, 0.25) is 0 Å². The molecule has 130 valence electrons. The van der Waals surface area contributed by atoms with Crippen LogP contribution in [0.15, 0.2) is 24.3 Å². The molecular formula is C17H18F3NO3. The van der Waals surface area contributed by atoms with Crippen molar-refractivity contribution in [1.29, 1.82) is 0 Å². The number of benzene rings is 1. The van der Waals surface area contributed by atoms with Gasteiger partial charge in [-0.15, -0.1) is 13.2 Å². The molecule has 0 aromatic heterocycles. The molecule has 0 bridgehead atoms. The second-order valence-electron chi connectivity index (χ2n) is 5.76. The summed E-state index contributed by atoms with van der Waals surface area (Å²) in [7, 11) is 0. The first-order chi connectivity index (χ1) is 11.2. The van der Waals surface area contributed by atoms with Crippen LogP contribution >= 0.6 is 0 Å². The number of carbonyl (C=O) groups is 1. The van der Waals surface area contributed by atoms with E-state index in [1.807, 2.05) is 0 Å². The zero-order chi connectivity index (χ0) is 17.8. The molecule has 1 amide bonds. The monoisotopic (exact) mass is 341 g/mol. The van der Waals surface area contributed by atoms with Crippen LogP contribution in [0, 0.1) is 11.8 Å². The number of piperidine rings is 1. The third-order valence-corrected chi connectivity index (χ3v) is 3.90. The van der Waals surface area contributed by atoms with E-state index in [0.717, 1.165) is 0 Å². The van der Waals surface area contributed by atoms with Gasteiger partial charge in [-0.25, -0.2) is 0 Å². The highest BCUT2D eigenvalue weighted by atomic mass is 19.4. The van der Waals surface area contributed by atoms with Crippen molar-refractivity contribution in [2.75, 3.05) is 13.1 Å². The number of hydrogen-bond acceptors (Lipinski definition) is 3. The maximum Gasteiger partial charge on any atom is 0.573 e. The second kappa shape index (κ2) is 7.14. The number of ether oxygens (including phenoxy) is 1. The molecule has 24 heavy (non-hydrogen) atoms. The molecule has 0 radical (unpaired) electrons. The summed E-state index contributed by atoms with van der Waals surface area (Å²) in [6.07, 6.45) is -3.63. The lowest BCUT2D eigenvalue weighted by atomic mass is 9.85. The van der Waals surface area contributed by atoms with E-state index >= 15 is 0 Å². The van der Waals surface area contributed by atoms with Crippen molar-refractivity contribution in [3.8, 4) is 17.6 Å². The normalized spacial score (nSPS) is 17.0. The predicted molar refractivity (Wildman–Crippen MR) is 81.0 cm³/mol. The Hall–Kier alpha value is -2.20. The summed E-state index contributed by atoms with van der Waals surface area (Å²) in [5.41, 5.74) is -0.275. The Morgan fingerprint density at radius 1 is 1.29 bits per heavy atom. The molecule has 1 aliphatic heterocycles. The van der Waals surface area contributed by atoms with E-state index < -0.39 is 12.0 Å². The van der Waals surface area contributed by atoms with Gasteiger partial charge in [0.05, 0.1) is 5.60 Å². The molecule has 1 saturated heterocycles. The zero-order valence-corrected chi connectivity index (χ0v) is 13.2. The first-order valence-electron chi connectivity index (χ1n) is 7.49. The fraction of sp³-hybridized carbons (Fsp3) is 0.471. The van der Waals surface area contributed by atoms with E-state index in [9.17, 15) is 23.1 Å². The largest absolute Gasteiger partial charge is 0.573 e. The predicted octanol–water partition coefficient (Wildman–Crippen LogP) is 2.50. The highest BCUT2D eigenvalue weighted by Gasteiger charge is 2.34. The number of likely N-dealkylation sites (tertiary alicyclic amines) is 1. The summed E-state index contributed by atoms with van der Waals surface area (Å²) in [6.45, 7) is 2.39. The molecule has 1 aromatic carbocycles. The van der Waals surface area contributed by atoms with Gasteiger partial charge in [0, 0.05) is 19.5 Å². The van der Waals surface area contributed by atoms with E-state index in [0.29, 0.717) is 37.9 Å². The van der Waals surface area contributed by atoms with Gasteiger partial charge in [-0.05, 0) is 43.4 Å². The Morgan fingerprint density at radius 3 is 2.38 bits per heavy atom. The number of hydrogen-bond donors (Lipinski definition) is 1. The van der Waals surface area contributed by atoms with Crippen LogP contribution in [-0.2, 0) is 11.2 Å². The van der Waals surface area contributed by atoms with Crippen LogP contribution < -0.4 is 4.74 Å². The molecule has 4 nitrogen and oxygen atoms in total. The minimum Gasteiger partial charge on any atom is -0.406 e. The number of halogens is 3. The quantitative estimate of drug-likeness (QED) is 0.860. The van der Waals surface area contributed by atoms with Crippen LogP contribution in [0.1, 0.15) is 25.3 Å². The highest BCUT2D eigenvalue weighted by molar-refractivity contribution is 5.93. The highest BCUT2D eigenvalue weighted by Crippen LogP contribution is 2.28. The van der Waals surface area contributed by atoms with E-state index in [1.54, 1.807) is 11.8 Å². The van der Waals surface area contributed by atoms with Crippen LogP contribution in [0.25, 0.3) is 0 Å². The molecule has 1 aliphatic rings. The number of alkyl halides is 3. The molecule has 1 N–H and O–H groups in total. The number of nitrogens with zero attached hydrogens (tertiary/aromatic N) is 1. The van der Waals surface area contributed by atoms with Crippen LogP contribution in [0.3, 0.4) is 0 Å². The van der Waals surface area contributed by atoms with Gasteiger partial charge in [0.25, 0.3) is 5.91 Å². The van der Waals surface area contributed by atoms with Gasteiger partial charge in [0.15, 0.2) is 0 Å². The van der Waals surface area contributed by atoms with Crippen molar-refractivity contribution in [3.05, 3.63) is 29.8 Å². The van der Waals surface area contributed by atoms with Crippen molar-refractivity contribution in [2.24, 2.45) is 0 Å².